The lowest BCUT2D eigenvalue weighted by molar-refractivity contribution is -0.274. The third-order valence-electron chi connectivity index (χ3n) is 4.36. The van der Waals surface area contributed by atoms with E-state index in [2.05, 4.69) is 22.0 Å². The highest BCUT2D eigenvalue weighted by atomic mass is 32.1. The molecule has 9 heteroatoms. The number of piperidine rings is 1. The van der Waals surface area contributed by atoms with Gasteiger partial charge in [-0.2, -0.15) is 0 Å². The molecule has 1 fully saturated rings. The first kappa shape index (κ1) is 19.5. The molecular formula is C18H20F3N3O2S. The summed E-state index contributed by atoms with van der Waals surface area (Å²) in [4.78, 5) is 18.6. The second kappa shape index (κ2) is 8.16. The molecule has 0 saturated carbocycles. The van der Waals surface area contributed by atoms with E-state index in [0.29, 0.717) is 22.4 Å². The molecule has 1 saturated heterocycles. The van der Waals surface area contributed by atoms with Crippen LogP contribution in [-0.4, -0.2) is 35.2 Å². The third-order valence-corrected chi connectivity index (χ3v) is 5.17. The summed E-state index contributed by atoms with van der Waals surface area (Å²) in [6.07, 6.45) is -2.39. The first-order valence-electron chi connectivity index (χ1n) is 8.63. The molecule has 0 atom stereocenters. The monoisotopic (exact) mass is 399 g/mol. The number of rotatable bonds is 5. The largest absolute Gasteiger partial charge is 0.573 e. The van der Waals surface area contributed by atoms with Gasteiger partial charge in [0.2, 0.25) is 5.91 Å². The van der Waals surface area contributed by atoms with Crippen LogP contribution in [0.15, 0.2) is 29.6 Å². The number of thiazole rings is 1. The minimum Gasteiger partial charge on any atom is -0.406 e. The van der Waals surface area contributed by atoms with Crippen LogP contribution < -0.4 is 10.1 Å². The summed E-state index contributed by atoms with van der Waals surface area (Å²) >= 11 is 1.34. The number of anilines is 2. The maximum atomic E-state index is 12.4. The molecule has 27 heavy (non-hydrogen) atoms. The molecule has 1 aromatic carbocycles. The molecular weight excluding hydrogens is 379 g/mol. The number of amides is 1. The van der Waals surface area contributed by atoms with Gasteiger partial charge in [0, 0.05) is 24.2 Å². The molecule has 5 nitrogen and oxygen atoms in total. The highest BCUT2D eigenvalue weighted by Crippen LogP contribution is 2.26. The third kappa shape index (κ3) is 5.85. The molecule has 0 aliphatic carbocycles. The first-order chi connectivity index (χ1) is 12.8. The Kier molecular flexibility index (Phi) is 5.88. The number of carbonyl (C=O) groups excluding carboxylic acids is 1. The average Bonchev–Trinajstić information content (AvgIpc) is 3.03. The lowest BCUT2D eigenvalue weighted by Gasteiger charge is -2.30. The van der Waals surface area contributed by atoms with E-state index >= 15 is 0 Å². The summed E-state index contributed by atoms with van der Waals surface area (Å²) in [6, 6.07) is 5.40. The van der Waals surface area contributed by atoms with Crippen molar-refractivity contribution in [2.75, 3.05) is 18.4 Å². The van der Waals surface area contributed by atoms with Gasteiger partial charge < -0.3 is 15.0 Å². The van der Waals surface area contributed by atoms with Gasteiger partial charge in [-0.25, -0.2) is 4.98 Å². The second-order valence-electron chi connectivity index (χ2n) is 6.58. The number of hydrogen-bond donors (Lipinski definition) is 1. The Balaban J connectivity index is 1.54. The van der Waals surface area contributed by atoms with Crippen molar-refractivity contribution in [1.29, 1.82) is 0 Å². The molecule has 1 aliphatic rings. The summed E-state index contributed by atoms with van der Waals surface area (Å²) < 4.78 is 40.4. The fourth-order valence-electron chi connectivity index (χ4n) is 2.83. The molecule has 2 heterocycles. The van der Waals surface area contributed by atoms with Crippen molar-refractivity contribution in [2.45, 2.75) is 32.5 Å². The lowest BCUT2D eigenvalue weighted by Crippen LogP contribution is -2.38. The summed E-state index contributed by atoms with van der Waals surface area (Å²) in [5.41, 5.74) is 1.27. The Labute approximate surface area is 159 Å². The second-order valence-corrected chi connectivity index (χ2v) is 7.44. The topological polar surface area (TPSA) is 54.5 Å². The Morgan fingerprint density at radius 1 is 1.30 bits per heavy atom. The minimum atomic E-state index is -4.71. The fraction of sp³-hybridized carbons (Fsp3) is 0.444. The highest BCUT2D eigenvalue weighted by Gasteiger charge is 2.31. The van der Waals surface area contributed by atoms with Crippen LogP contribution >= 0.6 is 11.3 Å². The number of carbonyl (C=O) groups is 1. The molecule has 0 unspecified atom stereocenters. The molecule has 1 amide bonds. The number of likely N-dealkylation sites (tertiary alicyclic amines) is 1. The van der Waals surface area contributed by atoms with Gasteiger partial charge in [0.15, 0.2) is 5.13 Å². The molecule has 1 N–H and O–H groups in total. The van der Waals surface area contributed by atoms with E-state index in [0.717, 1.165) is 25.9 Å². The molecule has 0 bridgehead atoms. The minimum absolute atomic E-state index is 0.0763. The van der Waals surface area contributed by atoms with Gasteiger partial charge in [-0.05, 0) is 43.0 Å². The number of nitrogens with zero attached hydrogens (tertiary/aromatic N) is 2. The van der Waals surface area contributed by atoms with Crippen LogP contribution in [0.1, 0.15) is 25.5 Å². The number of hydrogen-bond acceptors (Lipinski definition) is 5. The Morgan fingerprint density at radius 2 is 1.96 bits per heavy atom. The maximum absolute atomic E-state index is 12.4. The van der Waals surface area contributed by atoms with Gasteiger partial charge >= 0.3 is 6.36 Å². The molecule has 0 radical (unpaired) electrons. The van der Waals surface area contributed by atoms with Crippen molar-refractivity contribution < 1.29 is 22.7 Å². The van der Waals surface area contributed by atoms with Crippen molar-refractivity contribution in [1.82, 2.24) is 9.88 Å². The number of aromatic nitrogens is 1. The standard InChI is InChI=1S/C18H20F3N3O2S/c1-12-6-8-24(9-7-12)16(25)10-14-11-27-17(23-14)22-13-2-4-15(5-3-13)26-18(19,20)21/h2-5,11-12H,6-10H2,1H3,(H,22,23). The van der Waals surface area contributed by atoms with Crippen molar-refractivity contribution in [3.8, 4) is 5.75 Å². The molecule has 146 valence electrons. The zero-order valence-corrected chi connectivity index (χ0v) is 15.6. The van der Waals surface area contributed by atoms with Gasteiger partial charge in [0.1, 0.15) is 5.75 Å². The van der Waals surface area contributed by atoms with E-state index in [4.69, 9.17) is 0 Å². The van der Waals surface area contributed by atoms with Crippen LogP contribution in [0.3, 0.4) is 0 Å². The summed E-state index contributed by atoms with van der Waals surface area (Å²) in [5, 5.41) is 5.41. The highest BCUT2D eigenvalue weighted by molar-refractivity contribution is 7.13. The molecule has 3 rings (SSSR count). The average molecular weight is 399 g/mol. The summed E-state index contributed by atoms with van der Waals surface area (Å²) in [6.45, 7) is 3.78. The van der Waals surface area contributed by atoms with E-state index in [9.17, 15) is 18.0 Å². The van der Waals surface area contributed by atoms with Crippen molar-refractivity contribution in [3.05, 3.63) is 35.3 Å². The normalized spacial score (nSPS) is 15.6. The fourth-order valence-corrected chi connectivity index (χ4v) is 3.56. The quantitative estimate of drug-likeness (QED) is 0.799. The molecule has 1 aliphatic heterocycles. The Hall–Kier alpha value is -2.29. The van der Waals surface area contributed by atoms with Gasteiger partial charge in [-0.15, -0.1) is 24.5 Å². The predicted molar refractivity (Wildman–Crippen MR) is 97.2 cm³/mol. The number of ether oxygens (including phenoxy) is 1. The van der Waals surface area contributed by atoms with Crippen molar-refractivity contribution >= 4 is 28.1 Å². The zero-order valence-electron chi connectivity index (χ0n) is 14.8. The number of alkyl halides is 3. The molecule has 2 aromatic rings. The van der Waals surface area contributed by atoms with Crippen molar-refractivity contribution in [3.63, 3.8) is 0 Å². The van der Waals surface area contributed by atoms with Crippen LogP contribution in [0.4, 0.5) is 24.0 Å². The van der Waals surface area contributed by atoms with Crippen LogP contribution in [0.25, 0.3) is 0 Å². The molecule has 0 spiro atoms. The van der Waals surface area contributed by atoms with Gasteiger partial charge in [-0.3, -0.25) is 4.79 Å². The number of halogens is 3. The smallest absolute Gasteiger partial charge is 0.406 e. The Bertz CT molecular complexity index is 769. The van der Waals surface area contributed by atoms with Crippen LogP contribution in [0, 0.1) is 5.92 Å². The maximum Gasteiger partial charge on any atom is 0.573 e. The van der Waals surface area contributed by atoms with Crippen LogP contribution in [-0.2, 0) is 11.2 Å². The first-order valence-corrected chi connectivity index (χ1v) is 9.51. The van der Waals surface area contributed by atoms with Gasteiger partial charge in [0.25, 0.3) is 0 Å². The summed E-state index contributed by atoms with van der Waals surface area (Å²) in [5.74, 6) is 0.457. The Morgan fingerprint density at radius 3 is 2.59 bits per heavy atom. The number of benzene rings is 1. The van der Waals surface area contributed by atoms with E-state index in [1.165, 1.54) is 35.6 Å². The lowest BCUT2D eigenvalue weighted by atomic mass is 9.99. The SMILES string of the molecule is CC1CCN(C(=O)Cc2csc(Nc3ccc(OC(F)(F)F)cc3)n2)CC1. The van der Waals surface area contributed by atoms with E-state index in [1.807, 2.05) is 10.3 Å². The van der Waals surface area contributed by atoms with Crippen LogP contribution in [0.5, 0.6) is 5.75 Å². The molecule has 1 aromatic heterocycles. The van der Waals surface area contributed by atoms with E-state index in [-0.39, 0.29) is 18.1 Å². The van der Waals surface area contributed by atoms with Crippen molar-refractivity contribution in [2.24, 2.45) is 5.92 Å². The number of nitrogens with one attached hydrogen (secondary N) is 1. The van der Waals surface area contributed by atoms with Crippen LogP contribution in [0.2, 0.25) is 0 Å². The van der Waals surface area contributed by atoms with E-state index in [1.54, 1.807) is 0 Å². The van der Waals surface area contributed by atoms with Gasteiger partial charge in [0.05, 0.1) is 12.1 Å². The predicted octanol–water partition coefficient (Wildman–Crippen LogP) is 4.59. The van der Waals surface area contributed by atoms with E-state index < -0.39 is 6.36 Å². The summed E-state index contributed by atoms with van der Waals surface area (Å²) in [7, 11) is 0. The zero-order chi connectivity index (χ0) is 19.4. The van der Waals surface area contributed by atoms with Gasteiger partial charge in [-0.1, -0.05) is 6.92 Å².